The molecule has 0 atom stereocenters. The van der Waals surface area contributed by atoms with Gasteiger partial charge in [-0.05, 0) is 19.1 Å². The van der Waals surface area contributed by atoms with E-state index in [1.54, 1.807) is 45.4 Å². The van der Waals surface area contributed by atoms with Crippen LogP contribution >= 0.6 is 0 Å². The van der Waals surface area contributed by atoms with E-state index in [4.69, 9.17) is 5.73 Å². The van der Waals surface area contributed by atoms with Crippen LogP contribution in [0.4, 0.5) is 33.8 Å². The van der Waals surface area contributed by atoms with Crippen LogP contribution in [0.15, 0.2) is 24.3 Å². The number of Topliss-reactive ketones (excluding diaryl/α,β-unsaturated/α-hetero) is 1. The van der Waals surface area contributed by atoms with Crippen LogP contribution in [0.1, 0.15) is 17.3 Å². The summed E-state index contributed by atoms with van der Waals surface area (Å²) in [5.74, 6) is 1.45. The Labute approximate surface area is 179 Å². The predicted molar refractivity (Wildman–Crippen MR) is 124 cm³/mol. The first kappa shape index (κ1) is 21.7. The van der Waals surface area contributed by atoms with Gasteiger partial charge in [0.15, 0.2) is 17.4 Å². The van der Waals surface area contributed by atoms with Crippen molar-refractivity contribution in [3.63, 3.8) is 0 Å². The second-order valence-electron chi connectivity index (χ2n) is 6.77. The van der Waals surface area contributed by atoms with Gasteiger partial charge in [-0.2, -0.15) is 0 Å². The number of rotatable bonds is 8. The Morgan fingerprint density at radius 2 is 1.87 bits per heavy atom. The standard InChI is InChI=1S/C20H27N9O2/c1-11(30)12-6-5-7-13(10-12)26-20(31)25-8-9-29-16-14(27-19(29)24-4)17(21)28-18(23-3)15(16)22-2/h5-7,10,22H,8-9H2,1-4H3,(H,24,27)(H3,21,23,28)(H2,25,26,31). The topological polar surface area (TPSA) is 151 Å². The average Bonchev–Trinajstić information content (AvgIpc) is 3.13. The Kier molecular flexibility index (Phi) is 6.43. The number of aromatic nitrogens is 3. The van der Waals surface area contributed by atoms with Crippen molar-refractivity contribution in [2.45, 2.75) is 13.5 Å². The zero-order valence-electron chi connectivity index (χ0n) is 18.0. The van der Waals surface area contributed by atoms with Gasteiger partial charge in [-0.3, -0.25) is 4.79 Å². The lowest BCUT2D eigenvalue weighted by atomic mass is 10.1. The quantitative estimate of drug-likeness (QED) is 0.300. The smallest absolute Gasteiger partial charge is 0.319 e. The number of nitrogens with one attached hydrogen (secondary N) is 5. The zero-order chi connectivity index (χ0) is 22.5. The number of pyridine rings is 1. The fourth-order valence-electron chi connectivity index (χ4n) is 3.33. The number of urea groups is 1. The third kappa shape index (κ3) is 4.44. The summed E-state index contributed by atoms with van der Waals surface area (Å²) in [4.78, 5) is 32.7. The molecule has 2 amide bonds. The number of hydrogen-bond acceptors (Lipinski definition) is 8. The number of fused-ring (bicyclic) bond motifs is 1. The van der Waals surface area contributed by atoms with E-state index in [1.165, 1.54) is 6.92 Å². The Bertz CT molecular complexity index is 1120. The van der Waals surface area contributed by atoms with E-state index in [1.807, 2.05) is 4.57 Å². The minimum atomic E-state index is -0.373. The molecule has 3 rings (SSSR count). The lowest BCUT2D eigenvalue weighted by molar-refractivity contribution is 0.101. The summed E-state index contributed by atoms with van der Waals surface area (Å²) >= 11 is 0. The molecule has 0 spiro atoms. The Morgan fingerprint density at radius 3 is 2.52 bits per heavy atom. The molecule has 3 aromatic rings. The molecule has 11 heteroatoms. The predicted octanol–water partition coefficient (Wildman–Crippen LogP) is 2.16. The number of nitrogens with zero attached hydrogens (tertiary/aromatic N) is 3. The van der Waals surface area contributed by atoms with Gasteiger partial charge in [-0.1, -0.05) is 12.1 Å². The van der Waals surface area contributed by atoms with E-state index in [9.17, 15) is 9.59 Å². The van der Waals surface area contributed by atoms with Crippen LogP contribution in [0.3, 0.4) is 0 Å². The van der Waals surface area contributed by atoms with Crippen molar-refractivity contribution in [2.75, 3.05) is 54.7 Å². The van der Waals surface area contributed by atoms with Gasteiger partial charge in [0.25, 0.3) is 0 Å². The van der Waals surface area contributed by atoms with Gasteiger partial charge in [-0.25, -0.2) is 14.8 Å². The van der Waals surface area contributed by atoms with E-state index in [0.29, 0.717) is 47.4 Å². The molecule has 0 radical (unpaired) electrons. The summed E-state index contributed by atoms with van der Waals surface area (Å²) in [6.07, 6.45) is 0. The fraction of sp³-hybridized carbons (Fsp3) is 0.300. The Hall–Kier alpha value is -4.02. The number of carbonyl (C=O) groups excluding carboxylic acids is 2. The van der Waals surface area contributed by atoms with Gasteiger partial charge in [0.2, 0.25) is 5.95 Å². The second-order valence-corrected chi connectivity index (χ2v) is 6.77. The molecule has 0 fully saturated rings. The van der Waals surface area contributed by atoms with Crippen LogP contribution in [0, 0.1) is 0 Å². The van der Waals surface area contributed by atoms with Crippen LogP contribution in [-0.4, -0.2) is 54.0 Å². The molecule has 0 saturated heterocycles. The van der Waals surface area contributed by atoms with Crippen LogP contribution in [0.2, 0.25) is 0 Å². The normalized spacial score (nSPS) is 10.6. The van der Waals surface area contributed by atoms with E-state index in [2.05, 4.69) is 36.6 Å². The molecule has 0 aliphatic heterocycles. The molecule has 1 aromatic carbocycles. The monoisotopic (exact) mass is 425 g/mol. The Balaban J connectivity index is 1.77. The largest absolute Gasteiger partial charge is 0.383 e. The van der Waals surface area contributed by atoms with Crippen LogP contribution in [0.25, 0.3) is 11.0 Å². The molecule has 0 aliphatic carbocycles. The first-order chi connectivity index (χ1) is 14.9. The third-order valence-electron chi connectivity index (χ3n) is 4.77. The molecular weight excluding hydrogens is 398 g/mol. The molecule has 2 aromatic heterocycles. The number of carbonyl (C=O) groups is 2. The number of benzene rings is 1. The number of hydrogen-bond donors (Lipinski definition) is 6. The summed E-state index contributed by atoms with van der Waals surface area (Å²) in [6, 6.07) is 6.41. The highest BCUT2D eigenvalue weighted by Gasteiger charge is 2.19. The number of anilines is 5. The second kappa shape index (κ2) is 9.20. The van der Waals surface area contributed by atoms with Gasteiger partial charge < -0.3 is 36.9 Å². The van der Waals surface area contributed by atoms with Crippen molar-refractivity contribution in [3.8, 4) is 0 Å². The van der Waals surface area contributed by atoms with Crippen molar-refractivity contribution in [3.05, 3.63) is 29.8 Å². The summed E-state index contributed by atoms with van der Waals surface area (Å²) < 4.78 is 1.93. The molecule has 0 bridgehead atoms. The lowest BCUT2D eigenvalue weighted by Gasteiger charge is -2.15. The molecule has 7 N–H and O–H groups in total. The van der Waals surface area contributed by atoms with E-state index in [-0.39, 0.29) is 11.8 Å². The number of nitrogens with two attached hydrogens (primary N) is 1. The zero-order valence-corrected chi connectivity index (χ0v) is 18.0. The highest BCUT2D eigenvalue weighted by Crippen LogP contribution is 2.34. The van der Waals surface area contributed by atoms with E-state index >= 15 is 0 Å². The molecule has 0 aliphatic rings. The van der Waals surface area contributed by atoms with Crippen LogP contribution in [-0.2, 0) is 6.54 Å². The van der Waals surface area contributed by atoms with Crippen LogP contribution < -0.4 is 32.3 Å². The molecule has 0 saturated carbocycles. The third-order valence-corrected chi connectivity index (χ3v) is 4.77. The average molecular weight is 425 g/mol. The maximum Gasteiger partial charge on any atom is 0.319 e. The highest BCUT2D eigenvalue weighted by molar-refractivity contribution is 6.01. The molecular formula is C20H27N9O2. The minimum Gasteiger partial charge on any atom is -0.383 e. The van der Waals surface area contributed by atoms with Crippen molar-refractivity contribution in [1.29, 1.82) is 0 Å². The molecule has 0 unspecified atom stereocenters. The summed E-state index contributed by atoms with van der Waals surface area (Å²) in [6.45, 7) is 2.25. The first-order valence-electron chi connectivity index (χ1n) is 9.78. The van der Waals surface area contributed by atoms with Crippen molar-refractivity contribution in [1.82, 2.24) is 19.9 Å². The number of nitrogen functional groups attached to an aromatic ring is 1. The van der Waals surface area contributed by atoms with Crippen molar-refractivity contribution >= 4 is 51.8 Å². The number of amides is 2. The van der Waals surface area contributed by atoms with Crippen molar-refractivity contribution in [2.24, 2.45) is 0 Å². The lowest BCUT2D eigenvalue weighted by Crippen LogP contribution is -2.31. The van der Waals surface area contributed by atoms with E-state index < -0.39 is 0 Å². The summed E-state index contributed by atoms with van der Waals surface area (Å²) in [7, 11) is 5.33. The maximum absolute atomic E-state index is 12.3. The van der Waals surface area contributed by atoms with E-state index in [0.717, 1.165) is 11.2 Å². The van der Waals surface area contributed by atoms with Gasteiger partial charge in [-0.15, -0.1) is 0 Å². The minimum absolute atomic E-state index is 0.0642. The molecule has 11 nitrogen and oxygen atoms in total. The molecule has 164 valence electrons. The SMILES string of the molecule is CNc1nc(N)c2nc(NC)n(CCNC(=O)Nc3cccc(C(C)=O)c3)c2c1NC. The number of ketones is 1. The molecule has 2 heterocycles. The number of imidazole rings is 1. The van der Waals surface area contributed by atoms with Gasteiger partial charge >= 0.3 is 6.03 Å². The maximum atomic E-state index is 12.3. The van der Waals surface area contributed by atoms with Gasteiger partial charge in [0.1, 0.15) is 16.7 Å². The first-order valence-corrected chi connectivity index (χ1v) is 9.78. The summed E-state index contributed by atoms with van der Waals surface area (Å²) in [5, 5.41) is 14.8. The summed E-state index contributed by atoms with van der Waals surface area (Å²) in [5.41, 5.74) is 9.28. The van der Waals surface area contributed by atoms with Crippen molar-refractivity contribution < 1.29 is 9.59 Å². The van der Waals surface area contributed by atoms with Crippen LogP contribution in [0.5, 0.6) is 0 Å². The van der Waals surface area contributed by atoms with Gasteiger partial charge in [0.05, 0.1) is 0 Å². The Morgan fingerprint density at radius 1 is 1.10 bits per heavy atom. The highest BCUT2D eigenvalue weighted by atomic mass is 16.2. The fourth-order valence-corrected chi connectivity index (χ4v) is 3.33. The van der Waals surface area contributed by atoms with Gasteiger partial charge in [0, 0.05) is 45.5 Å². The molecule has 31 heavy (non-hydrogen) atoms.